The summed E-state index contributed by atoms with van der Waals surface area (Å²) < 4.78 is 0. The van der Waals surface area contributed by atoms with Gasteiger partial charge in [-0.15, -0.1) is 0 Å². The van der Waals surface area contributed by atoms with Crippen LogP contribution in [0.25, 0.3) is 0 Å². The van der Waals surface area contributed by atoms with Gasteiger partial charge in [-0.1, -0.05) is 30.3 Å². The molecule has 1 aromatic rings. The van der Waals surface area contributed by atoms with Gasteiger partial charge in [-0.05, 0) is 12.0 Å². The number of hydrogen-bond donors (Lipinski definition) is 1. The summed E-state index contributed by atoms with van der Waals surface area (Å²) in [4.78, 5) is 9.52. The van der Waals surface area contributed by atoms with Crippen LogP contribution in [0.15, 0.2) is 30.3 Å². The van der Waals surface area contributed by atoms with E-state index in [-0.39, 0.29) is 0 Å². The predicted octanol–water partition coefficient (Wildman–Crippen LogP) is 1.66. The first-order valence-electron chi connectivity index (χ1n) is 4.85. The molecule has 1 heterocycles. The minimum absolute atomic E-state index is 0.477. The fourth-order valence-electron chi connectivity index (χ4n) is 1.55. The molecule has 3 heteroatoms. The topological polar surface area (TPSA) is 38.7 Å². The van der Waals surface area contributed by atoms with Crippen molar-refractivity contribution in [1.82, 2.24) is 0 Å². The zero-order chi connectivity index (χ0) is 9.86. The molecule has 76 valence electrons. The van der Waals surface area contributed by atoms with Gasteiger partial charge in [0.05, 0.1) is 6.61 Å². The average Bonchev–Trinajstić information content (AvgIpc) is 2.65. The summed E-state index contributed by atoms with van der Waals surface area (Å²) in [7, 11) is 0. The van der Waals surface area contributed by atoms with Crippen molar-refractivity contribution in [1.29, 1.82) is 0 Å². The van der Waals surface area contributed by atoms with E-state index >= 15 is 0 Å². The second-order valence-corrected chi connectivity index (χ2v) is 3.59. The largest absolute Gasteiger partial charge is 0.363 e. The lowest BCUT2D eigenvalue weighted by Crippen LogP contribution is -2.27. The van der Waals surface area contributed by atoms with Crippen LogP contribution in [0.1, 0.15) is 18.4 Å². The first kappa shape index (κ1) is 9.65. The van der Waals surface area contributed by atoms with Crippen molar-refractivity contribution in [2.45, 2.75) is 25.0 Å². The SMILES string of the molecule is OC1(CCc2ccccc2)CCOO1. The fourth-order valence-corrected chi connectivity index (χ4v) is 1.55. The van der Waals surface area contributed by atoms with E-state index < -0.39 is 5.79 Å². The van der Waals surface area contributed by atoms with Crippen LogP contribution in [0.2, 0.25) is 0 Å². The minimum atomic E-state index is -1.07. The van der Waals surface area contributed by atoms with E-state index in [1.165, 1.54) is 5.56 Å². The lowest BCUT2D eigenvalue weighted by molar-refractivity contribution is -0.368. The normalized spacial score (nSPS) is 26.6. The smallest absolute Gasteiger partial charge is 0.201 e. The Balaban J connectivity index is 1.88. The zero-order valence-electron chi connectivity index (χ0n) is 7.98. The van der Waals surface area contributed by atoms with Crippen molar-refractivity contribution >= 4 is 0 Å². The van der Waals surface area contributed by atoms with Gasteiger partial charge in [0.15, 0.2) is 0 Å². The molecule has 1 aliphatic heterocycles. The average molecular weight is 194 g/mol. The Kier molecular flexibility index (Phi) is 2.82. The predicted molar refractivity (Wildman–Crippen MR) is 51.4 cm³/mol. The maximum absolute atomic E-state index is 9.81. The third kappa shape index (κ3) is 2.32. The molecule has 3 nitrogen and oxygen atoms in total. The van der Waals surface area contributed by atoms with Crippen molar-refractivity contribution in [2.75, 3.05) is 6.61 Å². The Morgan fingerprint density at radius 3 is 2.71 bits per heavy atom. The molecular formula is C11H14O3. The van der Waals surface area contributed by atoms with Crippen LogP contribution < -0.4 is 0 Å². The van der Waals surface area contributed by atoms with Gasteiger partial charge >= 0.3 is 0 Å². The van der Waals surface area contributed by atoms with Crippen molar-refractivity contribution in [3.8, 4) is 0 Å². The quantitative estimate of drug-likeness (QED) is 0.744. The molecule has 1 aliphatic rings. The monoisotopic (exact) mass is 194 g/mol. The lowest BCUT2D eigenvalue weighted by Gasteiger charge is -2.18. The molecule has 0 bridgehead atoms. The van der Waals surface area contributed by atoms with Crippen LogP contribution in [0.4, 0.5) is 0 Å². The van der Waals surface area contributed by atoms with Gasteiger partial charge in [0.2, 0.25) is 5.79 Å². The standard InChI is InChI=1S/C11H14O3/c12-11(8-9-13-14-11)7-6-10-4-2-1-3-5-10/h1-5,12H,6-9H2. The molecular weight excluding hydrogens is 180 g/mol. The molecule has 2 rings (SSSR count). The maximum Gasteiger partial charge on any atom is 0.201 e. The van der Waals surface area contributed by atoms with Gasteiger partial charge in [0, 0.05) is 12.8 Å². The molecule has 0 aliphatic carbocycles. The van der Waals surface area contributed by atoms with Gasteiger partial charge < -0.3 is 5.11 Å². The van der Waals surface area contributed by atoms with Gasteiger partial charge in [-0.3, -0.25) is 0 Å². The summed E-state index contributed by atoms with van der Waals surface area (Å²) >= 11 is 0. The van der Waals surface area contributed by atoms with Crippen LogP contribution >= 0.6 is 0 Å². The lowest BCUT2D eigenvalue weighted by atomic mass is 10.0. The van der Waals surface area contributed by atoms with Gasteiger partial charge in [-0.2, -0.15) is 0 Å². The van der Waals surface area contributed by atoms with Gasteiger partial charge in [0.25, 0.3) is 0 Å². The molecule has 14 heavy (non-hydrogen) atoms. The second kappa shape index (κ2) is 4.09. The summed E-state index contributed by atoms with van der Waals surface area (Å²) in [5.74, 6) is -1.07. The molecule has 1 N–H and O–H groups in total. The summed E-state index contributed by atoms with van der Waals surface area (Å²) in [6, 6.07) is 10.0. The van der Waals surface area contributed by atoms with E-state index in [0.717, 1.165) is 6.42 Å². The number of aryl methyl sites for hydroxylation is 1. The molecule has 1 saturated heterocycles. The van der Waals surface area contributed by atoms with Crippen LogP contribution in [0.3, 0.4) is 0 Å². The molecule has 1 fully saturated rings. The zero-order valence-corrected chi connectivity index (χ0v) is 7.98. The van der Waals surface area contributed by atoms with Crippen molar-refractivity contribution in [3.05, 3.63) is 35.9 Å². The third-order valence-electron chi connectivity index (χ3n) is 2.44. The van der Waals surface area contributed by atoms with Gasteiger partial charge in [0.1, 0.15) is 0 Å². The van der Waals surface area contributed by atoms with Crippen LogP contribution in [0, 0.1) is 0 Å². The van der Waals surface area contributed by atoms with Crippen molar-refractivity contribution in [3.63, 3.8) is 0 Å². The highest BCUT2D eigenvalue weighted by atomic mass is 17.2. The summed E-state index contributed by atoms with van der Waals surface area (Å²) in [5.41, 5.74) is 1.21. The number of rotatable bonds is 3. The second-order valence-electron chi connectivity index (χ2n) is 3.59. The minimum Gasteiger partial charge on any atom is -0.363 e. The highest BCUT2D eigenvalue weighted by Gasteiger charge is 2.33. The first-order valence-corrected chi connectivity index (χ1v) is 4.85. The highest BCUT2D eigenvalue weighted by Crippen LogP contribution is 2.25. The molecule has 0 amide bonds. The first-order chi connectivity index (χ1) is 6.79. The molecule has 0 aromatic heterocycles. The molecule has 0 saturated carbocycles. The number of hydrogen-bond acceptors (Lipinski definition) is 3. The van der Waals surface area contributed by atoms with E-state index in [0.29, 0.717) is 19.4 Å². The fraction of sp³-hybridized carbons (Fsp3) is 0.455. The highest BCUT2D eigenvalue weighted by molar-refractivity contribution is 5.14. The molecule has 1 atom stereocenters. The van der Waals surface area contributed by atoms with E-state index in [1.54, 1.807) is 0 Å². The van der Waals surface area contributed by atoms with Crippen LogP contribution in [-0.4, -0.2) is 17.5 Å². The Morgan fingerprint density at radius 1 is 1.29 bits per heavy atom. The Hall–Kier alpha value is -0.900. The van der Waals surface area contributed by atoms with Crippen molar-refractivity contribution < 1.29 is 14.9 Å². The van der Waals surface area contributed by atoms with Crippen LogP contribution in [0.5, 0.6) is 0 Å². The molecule has 0 radical (unpaired) electrons. The van der Waals surface area contributed by atoms with Crippen molar-refractivity contribution in [2.24, 2.45) is 0 Å². The van der Waals surface area contributed by atoms with E-state index in [9.17, 15) is 5.11 Å². The molecule has 0 spiro atoms. The Labute approximate surface area is 83.2 Å². The Bertz CT molecular complexity index is 278. The summed E-state index contributed by atoms with van der Waals surface area (Å²) in [6.45, 7) is 0.477. The van der Waals surface area contributed by atoms with E-state index in [2.05, 4.69) is 0 Å². The van der Waals surface area contributed by atoms with E-state index in [4.69, 9.17) is 9.78 Å². The molecule has 1 unspecified atom stereocenters. The summed E-state index contributed by atoms with van der Waals surface area (Å²) in [6.07, 6.45) is 1.94. The number of aliphatic hydroxyl groups is 1. The van der Waals surface area contributed by atoms with E-state index in [1.807, 2.05) is 30.3 Å². The van der Waals surface area contributed by atoms with Crippen LogP contribution in [-0.2, 0) is 16.2 Å². The summed E-state index contributed by atoms with van der Waals surface area (Å²) in [5, 5.41) is 9.81. The Morgan fingerprint density at radius 2 is 2.07 bits per heavy atom. The maximum atomic E-state index is 9.81. The van der Waals surface area contributed by atoms with Gasteiger partial charge in [-0.25, -0.2) is 9.78 Å². The number of benzene rings is 1. The molecule has 1 aromatic carbocycles. The third-order valence-corrected chi connectivity index (χ3v) is 2.44.